The number of pyridine rings is 2. The van der Waals surface area contributed by atoms with E-state index in [1.165, 1.54) is 5.56 Å². The van der Waals surface area contributed by atoms with Crippen molar-refractivity contribution in [1.82, 2.24) is 9.97 Å². The summed E-state index contributed by atoms with van der Waals surface area (Å²) in [6.07, 6.45) is 5.28. The van der Waals surface area contributed by atoms with Crippen LogP contribution in [0.5, 0.6) is 0 Å². The summed E-state index contributed by atoms with van der Waals surface area (Å²) < 4.78 is 0. The minimum atomic E-state index is 0.146. The molecular formula is C16H16N2O. The van der Waals surface area contributed by atoms with E-state index in [2.05, 4.69) is 16.0 Å². The van der Waals surface area contributed by atoms with Crippen LogP contribution in [0, 0.1) is 12.8 Å². The topological polar surface area (TPSA) is 42.9 Å². The molecule has 3 rings (SSSR count). The highest BCUT2D eigenvalue weighted by Gasteiger charge is 2.39. The molecule has 0 spiro atoms. The molecule has 0 amide bonds. The zero-order valence-electron chi connectivity index (χ0n) is 10.9. The number of aryl methyl sites for hydroxylation is 1. The van der Waals surface area contributed by atoms with Crippen LogP contribution in [-0.2, 0) is 0 Å². The smallest absolute Gasteiger partial charge is 0.181 e. The third-order valence-corrected chi connectivity index (χ3v) is 3.68. The maximum Gasteiger partial charge on any atom is 0.181 e. The first kappa shape index (κ1) is 12.0. The molecule has 96 valence electrons. The summed E-state index contributed by atoms with van der Waals surface area (Å²) in [6, 6.07) is 9.62. The third-order valence-electron chi connectivity index (χ3n) is 3.68. The van der Waals surface area contributed by atoms with E-state index in [0.29, 0.717) is 24.0 Å². The van der Waals surface area contributed by atoms with Crippen molar-refractivity contribution in [2.75, 3.05) is 0 Å². The summed E-state index contributed by atoms with van der Waals surface area (Å²) in [5, 5.41) is 0. The molecule has 2 heterocycles. The van der Waals surface area contributed by atoms with E-state index >= 15 is 0 Å². The molecule has 1 fully saturated rings. The second-order valence-electron chi connectivity index (χ2n) is 5.18. The van der Waals surface area contributed by atoms with Crippen molar-refractivity contribution in [2.45, 2.75) is 25.7 Å². The predicted molar refractivity (Wildman–Crippen MR) is 73.0 cm³/mol. The summed E-state index contributed by atoms with van der Waals surface area (Å²) in [4.78, 5) is 20.5. The predicted octanol–water partition coefficient (Wildman–Crippen LogP) is 3.16. The first-order chi connectivity index (χ1) is 9.24. The van der Waals surface area contributed by atoms with Gasteiger partial charge < -0.3 is 0 Å². The molecule has 3 nitrogen and oxygen atoms in total. The van der Waals surface area contributed by atoms with Gasteiger partial charge in [-0.05, 0) is 48.9 Å². The summed E-state index contributed by atoms with van der Waals surface area (Å²) >= 11 is 0. The molecule has 19 heavy (non-hydrogen) atoms. The fraction of sp³-hybridized carbons (Fsp3) is 0.312. The van der Waals surface area contributed by atoms with E-state index in [4.69, 9.17) is 0 Å². The summed E-state index contributed by atoms with van der Waals surface area (Å²) in [7, 11) is 0. The lowest BCUT2D eigenvalue weighted by molar-refractivity contribution is 0.0970. The van der Waals surface area contributed by atoms with E-state index < -0.39 is 0 Å². The normalized spacial score (nSPS) is 21.1. The lowest BCUT2D eigenvalue weighted by Gasteiger charge is -2.01. The average Bonchev–Trinajstić information content (AvgIpc) is 3.20. The van der Waals surface area contributed by atoms with Gasteiger partial charge in [0.25, 0.3) is 0 Å². The average molecular weight is 252 g/mol. The van der Waals surface area contributed by atoms with Crippen molar-refractivity contribution >= 4 is 5.78 Å². The Labute approximate surface area is 112 Å². The number of carbonyl (C=O) groups is 1. The van der Waals surface area contributed by atoms with Crippen molar-refractivity contribution in [1.29, 1.82) is 0 Å². The zero-order chi connectivity index (χ0) is 13.2. The second kappa shape index (κ2) is 4.92. The highest BCUT2D eigenvalue weighted by atomic mass is 16.1. The van der Waals surface area contributed by atoms with Crippen LogP contribution in [0.1, 0.15) is 40.5 Å². The van der Waals surface area contributed by atoms with Crippen molar-refractivity contribution in [3.05, 3.63) is 59.7 Å². The monoisotopic (exact) mass is 252 g/mol. The number of aromatic nitrogens is 2. The van der Waals surface area contributed by atoms with Gasteiger partial charge in [0.2, 0.25) is 0 Å². The van der Waals surface area contributed by atoms with Crippen LogP contribution >= 0.6 is 0 Å². The maximum absolute atomic E-state index is 12.0. The molecule has 0 N–H and O–H groups in total. The lowest BCUT2D eigenvalue weighted by Crippen LogP contribution is -2.03. The molecule has 0 saturated heterocycles. The SMILES string of the molecule is Cc1ccc([C@H]2C[C@@H]2CC(=O)c2ccccn2)cn1. The van der Waals surface area contributed by atoms with Gasteiger partial charge in [-0.1, -0.05) is 12.1 Å². The molecule has 1 aliphatic rings. The van der Waals surface area contributed by atoms with Crippen molar-refractivity contribution in [3.63, 3.8) is 0 Å². The standard InChI is InChI=1S/C16H16N2O/c1-11-5-6-12(10-18-11)14-8-13(14)9-16(19)15-4-2-3-7-17-15/h2-7,10,13-14H,8-9H2,1H3/t13-,14-/m1/s1. The maximum atomic E-state index is 12.0. The molecule has 0 bridgehead atoms. The van der Waals surface area contributed by atoms with Gasteiger partial charge in [-0.2, -0.15) is 0 Å². The number of carbonyl (C=O) groups excluding carboxylic acids is 1. The van der Waals surface area contributed by atoms with Gasteiger partial charge in [0.1, 0.15) is 5.69 Å². The second-order valence-corrected chi connectivity index (χ2v) is 5.18. The minimum absolute atomic E-state index is 0.146. The van der Waals surface area contributed by atoms with E-state index in [-0.39, 0.29) is 5.78 Å². The number of hydrogen-bond acceptors (Lipinski definition) is 3. The molecular weight excluding hydrogens is 236 g/mol. The van der Waals surface area contributed by atoms with Crippen LogP contribution in [-0.4, -0.2) is 15.8 Å². The van der Waals surface area contributed by atoms with Gasteiger partial charge in [-0.15, -0.1) is 0 Å². The van der Waals surface area contributed by atoms with Gasteiger partial charge in [0.05, 0.1) is 0 Å². The van der Waals surface area contributed by atoms with Gasteiger partial charge in [-0.3, -0.25) is 14.8 Å². The van der Waals surface area contributed by atoms with E-state index in [9.17, 15) is 4.79 Å². The van der Waals surface area contributed by atoms with Crippen LogP contribution in [0.15, 0.2) is 42.7 Å². The molecule has 2 aromatic rings. The van der Waals surface area contributed by atoms with E-state index in [0.717, 1.165) is 12.1 Å². The molecule has 0 radical (unpaired) electrons. The fourth-order valence-corrected chi connectivity index (χ4v) is 2.45. The first-order valence-corrected chi connectivity index (χ1v) is 6.61. The van der Waals surface area contributed by atoms with Crippen LogP contribution in [0.2, 0.25) is 0 Å². The number of ketones is 1. The third kappa shape index (κ3) is 2.70. The van der Waals surface area contributed by atoms with Crippen LogP contribution in [0.25, 0.3) is 0 Å². The van der Waals surface area contributed by atoms with Gasteiger partial charge in [-0.25, -0.2) is 0 Å². The van der Waals surface area contributed by atoms with E-state index in [1.807, 2.05) is 31.3 Å². The number of hydrogen-bond donors (Lipinski definition) is 0. The Kier molecular flexibility index (Phi) is 3.11. The fourth-order valence-electron chi connectivity index (χ4n) is 2.45. The van der Waals surface area contributed by atoms with Crippen molar-refractivity contribution in [3.8, 4) is 0 Å². The summed E-state index contributed by atoms with van der Waals surface area (Å²) in [5.74, 6) is 1.10. The molecule has 1 aliphatic carbocycles. The zero-order valence-corrected chi connectivity index (χ0v) is 10.9. The summed E-state index contributed by atoms with van der Waals surface area (Å²) in [6.45, 7) is 1.98. The minimum Gasteiger partial charge on any atom is -0.292 e. The molecule has 2 aromatic heterocycles. The Bertz CT molecular complexity index is 577. The molecule has 3 heteroatoms. The Morgan fingerprint density at radius 1 is 1.26 bits per heavy atom. The van der Waals surface area contributed by atoms with E-state index in [1.54, 1.807) is 12.3 Å². The molecule has 0 aliphatic heterocycles. The Hall–Kier alpha value is -2.03. The highest BCUT2D eigenvalue weighted by Crippen LogP contribution is 2.49. The molecule has 0 unspecified atom stereocenters. The first-order valence-electron chi connectivity index (χ1n) is 6.61. The number of Topliss-reactive ketones (excluding diaryl/α,β-unsaturated/α-hetero) is 1. The molecule has 2 atom stereocenters. The number of rotatable bonds is 4. The quantitative estimate of drug-likeness (QED) is 0.785. The number of nitrogens with zero attached hydrogens (tertiary/aromatic N) is 2. The van der Waals surface area contributed by atoms with Crippen molar-refractivity contribution < 1.29 is 4.79 Å². The van der Waals surface area contributed by atoms with Crippen LogP contribution in [0.4, 0.5) is 0 Å². The molecule has 1 saturated carbocycles. The highest BCUT2D eigenvalue weighted by molar-refractivity contribution is 5.94. The Morgan fingerprint density at radius 2 is 2.16 bits per heavy atom. The Morgan fingerprint density at radius 3 is 2.84 bits per heavy atom. The lowest BCUT2D eigenvalue weighted by atomic mass is 10.1. The Balaban J connectivity index is 1.62. The van der Waals surface area contributed by atoms with Crippen LogP contribution < -0.4 is 0 Å². The van der Waals surface area contributed by atoms with Gasteiger partial charge in [0.15, 0.2) is 5.78 Å². The van der Waals surface area contributed by atoms with Crippen molar-refractivity contribution in [2.24, 2.45) is 5.92 Å². The summed E-state index contributed by atoms with van der Waals surface area (Å²) in [5.41, 5.74) is 2.87. The van der Waals surface area contributed by atoms with Gasteiger partial charge in [0, 0.05) is 24.5 Å². The molecule has 0 aromatic carbocycles. The largest absolute Gasteiger partial charge is 0.292 e. The van der Waals surface area contributed by atoms with Crippen LogP contribution in [0.3, 0.4) is 0 Å². The van der Waals surface area contributed by atoms with Gasteiger partial charge >= 0.3 is 0 Å².